The SMILES string of the molecule is COc1ccc(CN2CCC(C)CC2)cc1-c1ccc(O)c2c1C[C@H]1C[C@H]3[C@H](N(C)C)C(=O)C(C(N)=O)=C(O)[C@@]3(O)C(=O)C1=C2O. The molecule has 1 saturated carbocycles. The molecule has 1 heterocycles. The van der Waals surface area contributed by atoms with E-state index in [0.717, 1.165) is 43.6 Å². The summed E-state index contributed by atoms with van der Waals surface area (Å²) in [5, 5.41) is 45.6. The van der Waals surface area contributed by atoms with Gasteiger partial charge in [-0.2, -0.15) is 0 Å². The average molecular weight is 632 g/mol. The Hall–Kier alpha value is -4.19. The van der Waals surface area contributed by atoms with Crippen LogP contribution >= 0.6 is 0 Å². The number of amides is 1. The molecule has 244 valence electrons. The fourth-order valence-electron chi connectivity index (χ4n) is 8.04. The summed E-state index contributed by atoms with van der Waals surface area (Å²) in [6, 6.07) is 8.06. The van der Waals surface area contributed by atoms with E-state index in [2.05, 4.69) is 17.9 Å². The highest BCUT2D eigenvalue weighted by atomic mass is 16.5. The van der Waals surface area contributed by atoms with Crippen molar-refractivity contribution in [2.45, 2.75) is 50.8 Å². The Balaban J connectivity index is 1.48. The number of ether oxygens (including phenoxy) is 1. The van der Waals surface area contributed by atoms with Crippen molar-refractivity contribution in [2.75, 3.05) is 34.3 Å². The third kappa shape index (κ3) is 4.80. The van der Waals surface area contributed by atoms with E-state index in [1.165, 1.54) is 11.0 Å². The Labute approximate surface area is 267 Å². The minimum absolute atomic E-state index is 0.0193. The van der Waals surface area contributed by atoms with Crippen LogP contribution in [0.5, 0.6) is 11.5 Å². The van der Waals surface area contributed by atoms with Crippen LogP contribution in [0.1, 0.15) is 42.9 Å². The number of hydrogen-bond acceptors (Lipinski definition) is 10. The number of methoxy groups -OCH3 is 1. The number of Topliss-reactive ketones (excluding diaryl/α,β-unsaturated/α-hetero) is 2. The van der Waals surface area contributed by atoms with E-state index in [1.54, 1.807) is 27.3 Å². The normalized spacial score (nSPS) is 27.0. The molecule has 0 aromatic heterocycles. The van der Waals surface area contributed by atoms with E-state index in [4.69, 9.17) is 10.5 Å². The fraction of sp³-hybridized carbons (Fsp3) is 0.457. The molecule has 0 radical (unpaired) electrons. The molecule has 2 aromatic carbocycles. The summed E-state index contributed by atoms with van der Waals surface area (Å²) < 4.78 is 5.76. The van der Waals surface area contributed by atoms with Crippen molar-refractivity contribution in [3.05, 3.63) is 63.9 Å². The Morgan fingerprint density at radius 2 is 1.78 bits per heavy atom. The van der Waals surface area contributed by atoms with Crippen molar-refractivity contribution in [2.24, 2.45) is 23.5 Å². The van der Waals surface area contributed by atoms with Crippen LogP contribution in [0, 0.1) is 17.8 Å². The zero-order chi connectivity index (χ0) is 33.2. The maximum Gasteiger partial charge on any atom is 0.255 e. The topological polar surface area (TPSA) is 174 Å². The molecule has 11 nitrogen and oxygen atoms in total. The van der Waals surface area contributed by atoms with Crippen LogP contribution in [0.2, 0.25) is 0 Å². The number of likely N-dealkylation sites (tertiary alicyclic amines) is 1. The van der Waals surface area contributed by atoms with Gasteiger partial charge in [0.05, 0.1) is 18.7 Å². The minimum atomic E-state index is -2.68. The number of benzene rings is 2. The Morgan fingerprint density at radius 3 is 2.41 bits per heavy atom. The summed E-state index contributed by atoms with van der Waals surface area (Å²) >= 11 is 0. The van der Waals surface area contributed by atoms with Gasteiger partial charge in [0.25, 0.3) is 5.91 Å². The first-order chi connectivity index (χ1) is 21.8. The van der Waals surface area contributed by atoms with Gasteiger partial charge >= 0.3 is 0 Å². The van der Waals surface area contributed by atoms with Gasteiger partial charge in [-0.1, -0.05) is 19.1 Å². The van der Waals surface area contributed by atoms with E-state index in [0.29, 0.717) is 22.8 Å². The summed E-state index contributed by atoms with van der Waals surface area (Å²) in [7, 11) is 4.73. The summed E-state index contributed by atoms with van der Waals surface area (Å²) in [5.41, 5.74) is 4.92. The van der Waals surface area contributed by atoms with E-state index in [9.17, 15) is 34.8 Å². The number of piperidine rings is 1. The number of ketones is 2. The van der Waals surface area contributed by atoms with Crippen LogP contribution in [0.3, 0.4) is 0 Å². The molecular weight excluding hydrogens is 590 g/mol. The van der Waals surface area contributed by atoms with Crippen molar-refractivity contribution in [3.8, 4) is 22.6 Å². The number of carbonyl (C=O) groups excluding carboxylic acids is 3. The molecule has 0 unspecified atom stereocenters. The predicted octanol–water partition coefficient (Wildman–Crippen LogP) is 2.87. The van der Waals surface area contributed by atoms with Crippen molar-refractivity contribution in [1.82, 2.24) is 9.80 Å². The molecule has 1 aliphatic heterocycles. The quantitative estimate of drug-likeness (QED) is 0.298. The van der Waals surface area contributed by atoms with Gasteiger partial charge in [-0.25, -0.2) is 0 Å². The number of likely N-dealkylation sites (N-methyl/N-ethyl adjacent to an activating group) is 1. The first-order valence-corrected chi connectivity index (χ1v) is 15.7. The Kier molecular flexibility index (Phi) is 7.98. The number of nitrogens with two attached hydrogens (primary N) is 1. The monoisotopic (exact) mass is 631 g/mol. The third-order valence-corrected chi connectivity index (χ3v) is 10.4. The van der Waals surface area contributed by atoms with Gasteiger partial charge in [0.2, 0.25) is 5.78 Å². The second-order valence-electron chi connectivity index (χ2n) is 13.4. The van der Waals surface area contributed by atoms with Gasteiger partial charge in [0.1, 0.15) is 28.6 Å². The predicted molar refractivity (Wildman–Crippen MR) is 170 cm³/mol. The summed E-state index contributed by atoms with van der Waals surface area (Å²) in [5.74, 6) is -5.47. The van der Waals surface area contributed by atoms with Crippen molar-refractivity contribution < 1.29 is 39.5 Å². The molecule has 46 heavy (non-hydrogen) atoms. The van der Waals surface area contributed by atoms with Crippen LogP contribution < -0.4 is 10.5 Å². The highest BCUT2D eigenvalue weighted by molar-refractivity contribution is 6.24. The number of aliphatic hydroxyl groups excluding tert-OH is 2. The van der Waals surface area contributed by atoms with Gasteiger partial charge in [0.15, 0.2) is 11.4 Å². The molecule has 4 atom stereocenters. The molecule has 4 aliphatic rings. The molecule has 1 amide bonds. The zero-order valence-electron chi connectivity index (χ0n) is 26.5. The maximum atomic E-state index is 14.2. The minimum Gasteiger partial charge on any atom is -0.508 e. The first kappa shape index (κ1) is 31.8. The summed E-state index contributed by atoms with van der Waals surface area (Å²) in [4.78, 5) is 43.7. The number of primary amides is 1. The number of carbonyl (C=O) groups is 3. The second-order valence-corrected chi connectivity index (χ2v) is 13.4. The molecule has 2 aromatic rings. The molecule has 1 saturated heterocycles. The van der Waals surface area contributed by atoms with E-state index >= 15 is 0 Å². The molecule has 6 rings (SSSR count). The zero-order valence-corrected chi connectivity index (χ0v) is 26.5. The molecule has 11 heteroatoms. The molecule has 2 fully saturated rings. The Bertz CT molecular complexity index is 1700. The highest BCUT2D eigenvalue weighted by Gasteiger charge is 2.64. The van der Waals surface area contributed by atoms with Crippen molar-refractivity contribution in [3.63, 3.8) is 0 Å². The number of phenols is 1. The number of phenolic OH excluding ortho intramolecular Hbond substituents is 1. The lowest BCUT2D eigenvalue weighted by molar-refractivity contribution is -0.153. The molecule has 0 bridgehead atoms. The van der Waals surface area contributed by atoms with E-state index in [-0.39, 0.29) is 29.7 Å². The van der Waals surface area contributed by atoms with Crippen LogP contribution in [-0.2, 0) is 27.3 Å². The maximum absolute atomic E-state index is 14.2. The molecule has 6 N–H and O–H groups in total. The molecule has 0 spiro atoms. The summed E-state index contributed by atoms with van der Waals surface area (Å²) in [6.07, 6.45) is 2.51. The van der Waals surface area contributed by atoms with Gasteiger partial charge < -0.3 is 30.9 Å². The van der Waals surface area contributed by atoms with Crippen LogP contribution in [0.4, 0.5) is 0 Å². The van der Waals surface area contributed by atoms with E-state index < -0.39 is 58.0 Å². The number of aliphatic hydroxyl groups is 3. The number of rotatable bonds is 6. The second kappa shape index (κ2) is 11.6. The number of fused-ring (bicyclic) bond motifs is 3. The van der Waals surface area contributed by atoms with Gasteiger partial charge in [-0.15, -0.1) is 0 Å². The lowest BCUT2D eigenvalue weighted by atomic mass is 9.57. The number of nitrogens with zero attached hydrogens (tertiary/aromatic N) is 2. The van der Waals surface area contributed by atoms with Gasteiger partial charge in [0, 0.05) is 23.6 Å². The third-order valence-electron chi connectivity index (χ3n) is 10.4. The summed E-state index contributed by atoms with van der Waals surface area (Å²) in [6.45, 7) is 5.08. The van der Waals surface area contributed by atoms with Gasteiger partial charge in [-0.3, -0.25) is 24.2 Å². The average Bonchev–Trinajstić information content (AvgIpc) is 3.00. The number of aromatic hydroxyl groups is 1. The van der Waals surface area contributed by atoms with Crippen LogP contribution in [0.15, 0.2) is 47.2 Å². The van der Waals surface area contributed by atoms with Crippen LogP contribution in [-0.4, -0.2) is 93.6 Å². The number of hydrogen-bond donors (Lipinski definition) is 5. The fourth-order valence-corrected chi connectivity index (χ4v) is 8.04. The lowest BCUT2D eigenvalue weighted by Crippen LogP contribution is -2.65. The van der Waals surface area contributed by atoms with E-state index in [1.807, 2.05) is 12.1 Å². The highest BCUT2D eigenvalue weighted by Crippen LogP contribution is 2.54. The Morgan fingerprint density at radius 1 is 1.09 bits per heavy atom. The standard InChI is InChI=1S/C35H41N3O8/c1-17-9-11-38(12-10-17)16-18-5-8-25(46-4)21(13-18)20-6-7-24(39)27-22(20)14-19-15-23-29(37(2)3)31(41)28(34(36)44)33(43)35(23,45)32(42)26(19)30(27)40/h5-8,13,17,19,23,29,39-40,43,45H,9-12,14-16H2,1-4H3,(H2,36,44)/t19-,23-,29-,35-/m0/s1. The first-order valence-electron chi connectivity index (χ1n) is 15.7. The van der Waals surface area contributed by atoms with Crippen molar-refractivity contribution in [1.29, 1.82) is 0 Å². The van der Waals surface area contributed by atoms with Crippen LogP contribution in [0.25, 0.3) is 16.9 Å². The molecule has 3 aliphatic carbocycles. The van der Waals surface area contributed by atoms with Crippen molar-refractivity contribution >= 4 is 23.2 Å². The molecular formula is C35H41N3O8. The largest absolute Gasteiger partial charge is 0.508 e. The lowest BCUT2D eigenvalue weighted by Gasteiger charge is -2.50. The smallest absolute Gasteiger partial charge is 0.255 e. The van der Waals surface area contributed by atoms with Gasteiger partial charge in [-0.05, 0) is 99.6 Å².